The third kappa shape index (κ3) is 5.96. The van der Waals surface area contributed by atoms with E-state index >= 15 is 0 Å². The molecule has 1 unspecified atom stereocenters. The van der Waals surface area contributed by atoms with E-state index in [-0.39, 0.29) is 36.3 Å². The van der Waals surface area contributed by atoms with Crippen LogP contribution in [0.4, 0.5) is 5.69 Å². The van der Waals surface area contributed by atoms with Crippen LogP contribution in [0.3, 0.4) is 0 Å². The van der Waals surface area contributed by atoms with Crippen LogP contribution in [0.5, 0.6) is 11.5 Å². The smallest absolute Gasteiger partial charge is 0.340 e. The highest BCUT2D eigenvalue weighted by atomic mass is 35.5. The molecule has 0 spiro atoms. The van der Waals surface area contributed by atoms with Gasteiger partial charge in [0.1, 0.15) is 0 Å². The minimum Gasteiger partial charge on any atom is -0.493 e. The number of nitrogens with two attached hydrogens (primary N) is 1. The average molecular weight is 347 g/mol. The van der Waals surface area contributed by atoms with Crippen molar-refractivity contribution < 1.29 is 23.8 Å². The lowest BCUT2D eigenvalue weighted by Crippen LogP contribution is -2.20. The Balaban J connectivity index is 0.00000484. The molecule has 8 heteroatoms. The van der Waals surface area contributed by atoms with Crippen molar-refractivity contribution in [3.63, 3.8) is 0 Å². The van der Waals surface area contributed by atoms with E-state index < -0.39 is 5.97 Å². The molecule has 0 aromatic heterocycles. The fraction of sp³-hybridized carbons (Fsp3) is 0.467. The summed E-state index contributed by atoms with van der Waals surface area (Å²) in [5.41, 5.74) is 6.12. The zero-order chi connectivity index (χ0) is 16.7. The van der Waals surface area contributed by atoms with Gasteiger partial charge in [-0.25, -0.2) is 4.79 Å². The van der Waals surface area contributed by atoms with E-state index in [1.165, 1.54) is 33.5 Å². The van der Waals surface area contributed by atoms with Gasteiger partial charge < -0.3 is 25.3 Å². The molecule has 1 rings (SSSR count). The van der Waals surface area contributed by atoms with Gasteiger partial charge >= 0.3 is 5.97 Å². The molecule has 0 bridgehead atoms. The van der Waals surface area contributed by atoms with Crippen molar-refractivity contribution in [2.45, 2.75) is 25.8 Å². The fourth-order valence-electron chi connectivity index (χ4n) is 1.83. The first-order valence-corrected chi connectivity index (χ1v) is 6.82. The van der Waals surface area contributed by atoms with Gasteiger partial charge in [-0.15, -0.1) is 12.4 Å². The molecule has 23 heavy (non-hydrogen) atoms. The second-order valence-electron chi connectivity index (χ2n) is 4.81. The highest BCUT2D eigenvalue weighted by molar-refractivity contribution is 6.02. The van der Waals surface area contributed by atoms with Crippen molar-refractivity contribution in [1.82, 2.24) is 0 Å². The molecule has 0 aliphatic rings. The number of anilines is 1. The van der Waals surface area contributed by atoms with E-state index in [0.717, 1.165) is 0 Å². The first-order chi connectivity index (χ1) is 10.4. The number of ether oxygens (including phenoxy) is 3. The lowest BCUT2D eigenvalue weighted by molar-refractivity contribution is -0.116. The van der Waals surface area contributed by atoms with Gasteiger partial charge in [0.2, 0.25) is 5.91 Å². The number of esters is 1. The molecule has 1 aromatic carbocycles. The largest absolute Gasteiger partial charge is 0.493 e. The Bertz CT molecular complexity index is 549. The summed E-state index contributed by atoms with van der Waals surface area (Å²) in [6.45, 7) is 1.82. The zero-order valence-corrected chi connectivity index (χ0v) is 14.5. The normalized spacial score (nSPS) is 11.0. The quantitative estimate of drug-likeness (QED) is 0.732. The topological polar surface area (TPSA) is 99.9 Å². The Morgan fingerprint density at radius 1 is 1.17 bits per heavy atom. The Morgan fingerprint density at radius 2 is 1.74 bits per heavy atom. The molecule has 0 saturated heterocycles. The highest BCUT2D eigenvalue weighted by Gasteiger charge is 2.19. The monoisotopic (exact) mass is 346 g/mol. The molecule has 0 aliphatic carbocycles. The molecule has 1 atom stereocenters. The number of methoxy groups -OCH3 is 3. The standard InChI is InChI=1S/C15H22N2O5.ClH/c1-9(16)5-6-14(18)17-11-8-13(21-3)12(20-2)7-10(11)15(19)22-4;/h7-9H,5-6,16H2,1-4H3,(H,17,18);1H. The maximum atomic E-state index is 11.9. The van der Waals surface area contributed by atoms with E-state index in [4.69, 9.17) is 19.9 Å². The van der Waals surface area contributed by atoms with Crippen molar-refractivity contribution in [2.75, 3.05) is 26.6 Å². The van der Waals surface area contributed by atoms with Crippen LogP contribution in [0.2, 0.25) is 0 Å². The number of hydrogen-bond donors (Lipinski definition) is 2. The van der Waals surface area contributed by atoms with Gasteiger partial charge in [-0.2, -0.15) is 0 Å². The minimum absolute atomic E-state index is 0. The first-order valence-electron chi connectivity index (χ1n) is 6.82. The van der Waals surface area contributed by atoms with E-state index in [9.17, 15) is 9.59 Å². The van der Waals surface area contributed by atoms with Gasteiger partial charge in [-0.05, 0) is 13.3 Å². The van der Waals surface area contributed by atoms with Gasteiger partial charge in [0, 0.05) is 24.6 Å². The Hall–Kier alpha value is -1.99. The van der Waals surface area contributed by atoms with Gasteiger partial charge in [-0.1, -0.05) is 0 Å². The summed E-state index contributed by atoms with van der Waals surface area (Å²) in [6.07, 6.45) is 0.805. The van der Waals surface area contributed by atoms with Crippen molar-refractivity contribution in [2.24, 2.45) is 5.73 Å². The summed E-state index contributed by atoms with van der Waals surface area (Å²) in [5.74, 6) is -0.0488. The number of halogens is 1. The molecular formula is C15H23ClN2O5. The molecule has 0 heterocycles. The third-order valence-electron chi connectivity index (χ3n) is 3.03. The van der Waals surface area contributed by atoms with Crippen LogP contribution in [0.1, 0.15) is 30.1 Å². The summed E-state index contributed by atoms with van der Waals surface area (Å²) < 4.78 is 15.0. The average Bonchev–Trinajstić information content (AvgIpc) is 2.51. The maximum absolute atomic E-state index is 11.9. The Labute approximate surface area is 141 Å². The van der Waals surface area contributed by atoms with Crippen LogP contribution in [-0.2, 0) is 9.53 Å². The van der Waals surface area contributed by atoms with Gasteiger partial charge in [0.05, 0.1) is 32.6 Å². The lowest BCUT2D eigenvalue weighted by Gasteiger charge is -2.15. The zero-order valence-electron chi connectivity index (χ0n) is 13.7. The maximum Gasteiger partial charge on any atom is 0.340 e. The number of carbonyl (C=O) groups excluding carboxylic acids is 2. The highest BCUT2D eigenvalue weighted by Crippen LogP contribution is 2.33. The molecule has 0 aliphatic heterocycles. The van der Waals surface area contributed by atoms with Crippen LogP contribution in [0.15, 0.2) is 12.1 Å². The molecule has 1 amide bonds. The summed E-state index contributed by atoms with van der Waals surface area (Å²) in [4.78, 5) is 23.8. The van der Waals surface area contributed by atoms with E-state index in [0.29, 0.717) is 23.6 Å². The van der Waals surface area contributed by atoms with Gasteiger partial charge in [0.25, 0.3) is 0 Å². The Kier molecular flexibility index (Phi) is 9.05. The van der Waals surface area contributed by atoms with E-state index in [2.05, 4.69) is 5.32 Å². The van der Waals surface area contributed by atoms with Crippen LogP contribution in [0.25, 0.3) is 0 Å². The molecule has 3 N–H and O–H groups in total. The predicted molar refractivity (Wildman–Crippen MR) is 89.6 cm³/mol. The molecule has 1 aromatic rings. The molecule has 7 nitrogen and oxygen atoms in total. The number of benzene rings is 1. The van der Waals surface area contributed by atoms with Crippen molar-refractivity contribution in [3.8, 4) is 11.5 Å². The van der Waals surface area contributed by atoms with Crippen LogP contribution >= 0.6 is 12.4 Å². The van der Waals surface area contributed by atoms with Crippen molar-refractivity contribution in [1.29, 1.82) is 0 Å². The first kappa shape index (κ1) is 21.0. The second kappa shape index (κ2) is 9.91. The number of rotatable bonds is 7. The summed E-state index contributed by atoms with van der Waals surface area (Å²) in [5, 5.41) is 2.68. The summed E-state index contributed by atoms with van der Waals surface area (Å²) in [7, 11) is 4.19. The lowest BCUT2D eigenvalue weighted by atomic mass is 10.1. The van der Waals surface area contributed by atoms with Crippen molar-refractivity contribution in [3.05, 3.63) is 17.7 Å². The number of carbonyl (C=O) groups is 2. The summed E-state index contributed by atoms with van der Waals surface area (Å²) >= 11 is 0. The van der Waals surface area contributed by atoms with E-state index in [1.807, 2.05) is 6.92 Å². The number of hydrogen-bond acceptors (Lipinski definition) is 6. The molecule has 0 saturated carbocycles. The second-order valence-corrected chi connectivity index (χ2v) is 4.81. The minimum atomic E-state index is -0.580. The predicted octanol–water partition coefficient (Wildman–Crippen LogP) is 1.98. The van der Waals surface area contributed by atoms with Crippen LogP contribution in [-0.4, -0.2) is 39.2 Å². The molecule has 130 valence electrons. The number of nitrogens with one attached hydrogen (secondary N) is 1. The van der Waals surface area contributed by atoms with Gasteiger partial charge in [0.15, 0.2) is 11.5 Å². The molecular weight excluding hydrogens is 324 g/mol. The van der Waals surface area contributed by atoms with Crippen LogP contribution < -0.4 is 20.5 Å². The third-order valence-corrected chi connectivity index (χ3v) is 3.03. The van der Waals surface area contributed by atoms with Crippen molar-refractivity contribution >= 4 is 30.0 Å². The molecule has 0 fully saturated rings. The molecule has 0 radical (unpaired) electrons. The van der Waals surface area contributed by atoms with E-state index in [1.54, 1.807) is 0 Å². The Morgan fingerprint density at radius 3 is 2.22 bits per heavy atom. The van der Waals surface area contributed by atoms with Gasteiger partial charge in [-0.3, -0.25) is 4.79 Å². The summed E-state index contributed by atoms with van der Waals surface area (Å²) in [6, 6.07) is 2.91. The SMILES string of the molecule is COC(=O)c1cc(OC)c(OC)cc1NC(=O)CCC(C)N.Cl. The fourth-order valence-corrected chi connectivity index (χ4v) is 1.83. The van der Waals surface area contributed by atoms with Crippen LogP contribution in [0, 0.1) is 0 Å². The number of amides is 1.